The maximum Gasteiger partial charge on any atom is 0.286 e. The highest BCUT2D eigenvalue weighted by molar-refractivity contribution is 6.34. The first-order valence-electron chi connectivity index (χ1n) is 6.23. The van der Waals surface area contributed by atoms with Crippen LogP contribution in [0.3, 0.4) is 0 Å². The number of halogens is 1. The van der Waals surface area contributed by atoms with Gasteiger partial charge in [-0.15, -0.1) is 0 Å². The van der Waals surface area contributed by atoms with Gasteiger partial charge in [0.05, 0.1) is 16.4 Å². The molecule has 1 amide bonds. The topological polar surface area (TPSA) is 78.4 Å². The van der Waals surface area contributed by atoms with E-state index in [-0.39, 0.29) is 5.56 Å². The molecule has 0 aromatic heterocycles. The van der Waals surface area contributed by atoms with Crippen molar-refractivity contribution in [2.75, 3.05) is 10.6 Å². The predicted octanol–water partition coefficient (Wildman–Crippen LogP) is 2.28. The van der Waals surface area contributed by atoms with Gasteiger partial charge in [-0.1, -0.05) is 35.9 Å². The number of hydrogen-bond acceptors (Lipinski definition) is 4. The zero-order chi connectivity index (χ0) is 15.0. The normalized spacial score (nSPS) is 20.7. The van der Waals surface area contributed by atoms with Gasteiger partial charge in [0.2, 0.25) is 5.78 Å². The van der Waals surface area contributed by atoms with Crippen molar-refractivity contribution in [2.24, 2.45) is 0 Å². The summed E-state index contributed by atoms with van der Waals surface area (Å²) in [5.41, 5.74) is -1.49. The largest absolute Gasteiger partial charge is 0.357 e. The average molecular weight is 303 g/mol. The zero-order valence-corrected chi connectivity index (χ0v) is 11.5. The Morgan fingerprint density at radius 3 is 2.48 bits per heavy atom. The molecule has 5 nitrogen and oxygen atoms in total. The Morgan fingerprint density at radius 1 is 1.05 bits per heavy atom. The van der Waals surface area contributed by atoms with Crippen LogP contribution in [0.25, 0.3) is 0 Å². The molecule has 21 heavy (non-hydrogen) atoms. The molecule has 0 spiro atoms. The minimum atomic E-state index is -2.39. The Morgan fingerprint density at radius 2 is 1.71 bits per heavy atom. The quantitative estimate of drug-likeness (QED) is 0.587. The molecule has 0 fully saturated rings. The Bertz CT molecular complexity index is 747. The molecular formula is C15H11ClN2O3. The third kappa shape index (κ3) is 2.16. The molecule has 1 atom stereocenters. The van der Waals surface area contributed by atoms with Crippen LogP contribution in [0.15, 0.2) is 48.5 Å². The molecule has 0 aliphatic carbocycles. The van der Waals surface area contributed by atoms with Crippen molar-refractivity contribution in [2.45, 2.75) is 5.72 Å². The Kier molecular flexibility index (Phi) is 3.16. The summed E-state index contributed by atoms with van der Waals surface area (Å²) in [4.78, 5) is 24.6. The van der Waals surface area contributed by atoms with Crippen molar-refractivity contribution in [1.82, 2.24) is 0 Å². The number of amides is 1. The van der Waals surface area contributed by atoms with Crippen LogP contribution >= 0.6 is 11.6 Å². The van der Waals surface area contributed by atoms with Gasteiger partial charge in [0.1, 0.15) is 0 Å². The number of benzene rings is 2. The van der Waals surface area contributed by atoms with E-state index in [9.17, 15) is 14.7 Å². The lowest BCUT2D eigenvalue weighted by Crippen LogP contribution is -2.58. The number of carbonyl (C=O) groups excluding carboxylic acids is 2. The van der Waals surface area contributed by atoms with E-state index in [1.165, 1.54) is 6.07 Å². The number of hydrogen-bond donors (Lipinski definition) is 3. The summed E-state index contributed by atoms with van der Waals surface area (Å²) in [6, 6.07) is 13.0. The number of nitrogens with one attached hydrogen (secondary N) is 2. The second-order valence-electron chi connectivity index (χ2n) is 4.64. The van der Waals surface area contributed by atoms with Crippen LogP contribution in [0.5, 0.6) is 0 Å². The number of ketones is 1. The lowest BCUT2D eigenvalue weighted by molar-refractivity contribution is -0.128. The molecule has 3 N–H and O–H groups in total. The van der Waals surface area contributed by atoms with E-state index in [1.807, 2.05) is 0 Å². The van der Waals surface area contributed by atoms with E-state index >= 15 is 0 Å². The van der Waals surface area contributed by atoms with Crippen LogP contribution in [-0.4, -0.2) is 22.5 Å². The number of aliphatic hydroxyl groups is 1. The van der Waals surface area contributed by atoms with Crippen LogP contribution in [0.4, 0.5) is 11.4 Å². The first-order chi connectivity index (χ1) is 10.0. The molecule has 0 bridgehead atoms. The van der Waals surface area contributed by atoms with Crippen molar-refractivity contribution in [3.8, 4) is 0 Å². The lowest BCUT2D eigenvalue weighted by Gasteiger charge is -2.32. The van der Waals surface area contributed by atoms with Gasteiger partial charge in [0, 0.05) is 5.56 Å². The smallest absolute Gasteiger partial charge is 0.286 e. The number of Topliss-reactive ketones (excluding diaryl/α,β-unsaturated/α-hetero) is 1. The summed E-state index contributed by atoms with van der Waals surface area (Å²) < 4.78 is 0. The third-order valence-electron chi connectivity index (χ3n) is 3.27. The highest BCUT2D eigenvalue weighted by atomic mass is 35.5. The molecule has 0 saturated carbocycles. The fraction of sp³-hybridized carbons (Fsp3) is 0.0667. The minimum absolute atomic E-state index is 0.235. The second-order valence-corrected chi connectivity index (χ2v) is 5.05. The first kappa shape index (κ1) is 13.6. The van der Waals surface area contributed by atoms with E-state index in [0.717, 1.165) is 0 Å². The molecule has 2 aromatic rings. The third-order valence-corrected chi connectivity index (χ3v) is 3.60. The summed E-state index contributed by atoms with van der Waals surface area (Å²) in [6.45, 7) is 0. The number of anilines is 2. The zero-order valence-electron chi connectivity index (χ0n) is 10.8. The van der Waals surface area contributed by atoms with Gasteiger partial charge in [0.25, 0.3) is 11.6 Å². The molecule has 1 aliphatic rings. The molecule has 6 heteroatoms. The summed E-state index contributed by atoms with van der Waals surface area (Å²) in [5, 5.41) is 15.8. The standard InChI is InChI=1S/C15H11ClN2O3/c16-10-6-2-4-8-12(10)18-15(21)13(19)9-5-1-3-7-11(9)17-14(15)20/h1-8,18,21H,(H,17,20). The number of rotatable bonds is 2. The monoisotopic (exact) mass is 302 g/mol. The number of para-hydroxylation sites is 2. The van der Waals surface area contributed by atoms with E-state index < -0.39 is 17.4 Å². The van der Waals surface area contributed by atoms with Gasteiger partial charge >= 0.3 is 0 Å². The molecule has 106 valence electrons. The number of fused-ring (bicyclic) bond motifs is 1. The highest BCUT2D eigenvalue weighted by Crippen LogP contribution is 2.31. The van der Waals surface area contributed by atoms with Crippen molar-refractivity contribution in [3.63, 3.8) is 0 Å². The highest BCUT2D eigenvalue weighted by Gasteiger charge is 2.49. The van der Waals surface area contributed by atoms with Crippen LogP contribution in [0.2, 0.25) is 5.02 Å². The maximum atomic E-state index is 12.4. The molecule has 3 rings (SSSR count). The Hall–Kier alpha value is -2.37. The van der Waals surface area contributed by atoms with Crippen molar-refractivity contribution in [1.29, 1.82) is 0 Å². The summed E-state index contributed by atoms with van der Waals surface area (Å²) >= 11 is 5.98. The summed E-state index contributed by atoms with van der Waals surface area (Å²) in [5.74, 6) is -1.56. The van der Waals surface area contributed by atoms with Gasteiger partial charge in [-0.25, -0.2) is 0 Å². The van der Waals surface area contributed by atoms with Gasteiger partial charge in [0.15, 0.2) is 0 Å². The molecular weight excluding hydrogens is 292 g/mol. The van der Waals surface area contributed by atoms with Gasteiger partial charge in [-0.3, -0.25) is 9.59 Å². The predicted molar refractivity (Wildman–Crippen MR) is 79.4 cm³/mol. The minimum Gasteiger partial charge on any atom is -0.357 e. The first-order valence-corrected chi connectivity index (χ1v) is 6.60. The summed E-state index contributed by atoms with van der Waals surface area (Å²) in [6.07, 6.45) is 0. The fourth-order valence-electron chi connectivity index (χ4n) is 2.17. The molecule has 1 heterocycles. The van der Waals surface area contributed by atoms with Gasteiger partial charge in [-0.2, -0.15) is 0 Å². The van der Waals surface area contributed by atoms with E-state index in [0.29, 0.717) is 16.4 Å². The van der Waals surface area contributed by atoms with E-state index in [1.54, 1.807) is 42.5 Å². The SMILES string of the molecule is O=C1Nc2ccccc2C(=O)C1(O)Nc1ccccc1Cl. The molecule has 1 aliphatic heterocycles. The van der Waals surface area contributed by atoms with Crippen LogP contribution in [0, 0.1) is 0 Å². The number of carbonyl (C=O) groups is 2. The molecule has 2 aromatic carbocycles. The van der Waals surface area contributed by atoms with E-state index in [4.69, 9.17) is 11.6 Å². The van der Waals surface area contributed by atoms with Gasteiger partial charge in [-0.05, 0) is 24.3 Å². The molecule has 1 unspecified atom stereocenters. The van der Waals surface area contributed by atoms with Gasteiger partial charge < -0.3 is 15.7 Å². The van der Waals surface area contributed by atoms with Crippen molar-refractivity contribution in [3.05, 3.63) is 59.1 Å². The van der Waals surface area contributed by atoms with Crippen molar-refractivity contribution >= 4 is 34.7 Å². The van der Waals surface area contributed by atoms with Crippen LogP contribution < -0.4 is 10.6 Å². The van der Waals surface area contributed by atoms with Crippen LogP contribution in [0.1, 0.15) is 10.4 Å². The molecule has 0 saturated heterocycles. The lowest BCUT2D eigenvalue weighted by atomic mass is 9.94. The summed E-state index contributed by atoms with van der Waals surface area (Å²) in [7, 11) is 0. The van der Waals surface area contributed by atoms with E-state index in [2.05, 4.69) is 10.6 Å². The van der Waals surface area contributed by atoms with Crippen LogP contribution in [-0.2, 0) is 4.79 Å². The Labute approximate surface area is 125 Å². The molecule has 0 radical (unpaired) electrons. The fourth-order valence-corrected chi connectivity index (χ4v) is 2.35. The Balaban J connectivity index is 2.03. The average Bonchev–Trinajstić information content (AvgIpc) is 2.48. The second kappa shape index (κ2) is 4.87. The maximum absolute atomic E-state index is 12.4. The van der Waals surface area contributed by atoms with Crippen molar-refractivity contribution < 1.29 is 14.7 Å².